The fourth-order valence-corrected chi connectivity index (χ4v) is 9.76. The molecule has 0 saturated carbocycles. The van der Waals surface area contributed by atoms with E-state index in [0.717, 1.165) is 5.56 Å². The van der Waals surface area contributed by atoms with Gasteiger partial charge in [0.2, 0.25) is 53.2 Å². The predicted octanol–water partition coefficient (Wildman–Crippen LogP) is -4.63. The third-order valence-electron chi connectivity index (χ3n) is 15.0. The van der Waals surface area contributed by atoms with Gasteiger partial charge in [-0.25, -0.2) is 4.79 Å². The summed E-state index contributed by atoms with van der Waals surface area (Å²) in [6.07, 6.45) is -1.47. The number of aliphatic hydroxyl groups is 1. The SMILES string of the molecule is CC[C@H](C)[C@H](NC(=O)[C@@H](N)Cc1ccccc1)C(=O)N1CCC[C@H]1C(=O)N[C@@H](Cc1ccccc1)C(=O)N[C@@H](CCCN=C(N)N)C(=O)N[C@@H](CCC(=O)O)C(=O)N[C@@H](CO)C(=O)N[C@@H](CCCCN)C(=O)N[C@@H](CC(=O)O)C(=O)N[C@@H](CCCN=C(N)N)C(=O)O. The number of nitrogens with zero attached hydrogens (tertiary/aromatic N) is 3. The van der Waals surface area contributed by atoms with Crippen molar-refractivity contribution in [2.75, 3.05) is 32.8 Å². The number of benzene rings is 2. The molecule has 1 saturated heterocycles. The van der Waals surface area contributed by atoms with Gasteiger partial charge in [-0.2, -0.15) is 0 Å². The molecule has 1 aliphatic heterocycles. The second-order valence-corrected chi connectivity index (χ2v) is 22.2. The number of nitrogens with one attached hydrogen (secondary N) is 8. The van der Waals surface area contributed by atoms with Gasteiger partial charge in [0.05, 0.1) is 19.1 Å². The number of carboxylic acids is 3. The highest BCUT2D eigenvalue weighted by molar-refractivity contribution is 5.99. The molecule has 11 atom stereocenters. The van der Waals surface area contributed by atoms with Gasteiger partial charge in [0.15, 0.2) is 11.9 Å². The molecule has 0 bridgehead atoms. The van der Waals surface area contributed by atoms with Crippen molar-refractivity contribution >= 4 is 83.0 Å². The average molecular weight is 1290 g/mol. The lowest BCUT2D eigenvalue weighted by atomic mass is 9.96. The molecule has 0 aliphatic carbocycles. The largest absolute Gasteiger partial charge is 0.481 e. The van der Waals surface area contributed by atoms with Crippen molar-refractivity contribution in [2.24, 2.45) is 50.3 Å². The van der Waals surface area contributed by atoms with E-state index in [1.807, 2.05) is 37.3 Å². The molecule has 33 nitrogen and oxygen atoms in total. The van der Waals surface area contributed by atoms with Crippen molar-refractivity contribution in [3.63, 3.8) is 0 Å². The van der Waals surface area contributed by atoms with Crippen molar-refractivity contribution in [3.8, 4) is 0 Å². The monoisotopic (exact) mass is 1290 g/mol. The molecule has 0 unspecified atom stereocenters. The van der Waals surface area contributed by atoms with E-state index in [-0.39, 0.29) is 95.9 Å². The lowest BCUT2D eigenvalue weighted by Gasteiger charge is -2.32. The zero-order valence-electron chi connectivity index (χ0n) is 51.8. The molecular weight excluding hydrogens is 1200 g/mol. The van der Waals surface area contributed by atoms with Gasteiger partial charge in [-0.1, -0.05) is 80.9 Å². The molecule has 24 N–H and O–H groups in total. The number of aliphatic carboxylic acids is 3. The Hall–Kier alpha value is -9.50. The summed E-state index contributed by atoms with van der Waals surface area (Å²) in [4.78, 5) is 172. The maximum absolute atomic E-state index is 14.6. The van der Waals surface area contributed by atoms with Crippen LogP contribution in [0.3, 0.4) is 0 Å². The number of hydrogen-bond acceptors (Lipinski definition) is 17. The Kier molecular flexibility index (Phi) is 33.6. The molecule has 92 heavy (non-hydrogen) atoms. The molecule has 33 heteroatoms. The Morgan fingerprint density at radius 1 is 0.554 bits per heavy atom. The molecule has 3 rings (SSSR count). The lowest BCUT2D eigenvalue weighted by molar-refractivity contribution is -0.144. The first-order valence-corrected chi connectivity index (χ1v) is 30.3. The topological polar surface area (TPSA) is 566 Å². The van der Waals surface area contributed by atoms with Crippen LogP contribution >= 0.6 is 0 Å². The fourth-order valence-electron chi connectivity index (χ4n) is 9.76. The zero-order valence-corrected chi connectivity index (χ0v) is 51.8. The number of amides is 9. The van der Waals surface area contributed by atoms with Crippen LogP contribution in [0.25, 0.3) is 0 Å². The summed E-state index contributed by atoms with van der Waals surface area (Å²) in [5, 5.41) is 59.1. The summed E-state index contributed by atoms with van der Waals surface area (Å²) in [5.74, 6) is -14.1. The molecule has 1 aliphatic rings. The first kappa shape index (κ1) is 76.7. The molecule has 508 valence electrons. The second-order valence-electron chi connectivity index (χ2n) is 22.2. The van der Waals surface area contributed by atoms with E-state index in [1.54, 1.807) is 37.3 Å². The van der Waals surface area contributed by atoms with Crippen LogP contribution in [0.5, 0.6) is 0 Å². The van der Waals surface area contributed by atoms with Gasteiger partial charge in [0.1, 0.15) is 54.4 Å². The van der Waals surface area contributed by atoms with Gasteiger partial charge >= 0.3 is 17.9 Å². The van der Waals surface area contributed by atoms with Crippen molar-refractivity contribution in [1.82, 2.24) is 47.4 Å². The number of likely N-dealkylation sites (tertiary alicyclic amines) is 1. The van der Waals surface area contributed by atoms with E-state index in [1.165, 1.54) is 4.90 Å². The number of carbonyl (C=O) groups excluding carboxylic acids is 9. The van der Waals surface area contributed by atoms with E-state index in [0.29, 0.717) is 24.8 Å². The molecule has 0 aromatic heterocycles. The number of carboxylic acid groups (broad SMARTS) is 3. The van der Waals surface area contributed by atoms with Gasteiger partial charge in [-0.3, -0.25) is 62.7 Å². The molecule has 1 heterocycles. The van der Waals surface area contributed by atoms with Crippen molar-refractivity contribution in [3.05, 3.63) is 71.8 Å². The Bertz CT molecular complexity index is 2860. The third-order valence-corrected chi connectivity index (χ3v) is 15.0. The number of guanidine groups is 2. The quantitative estimate of drug-likeness (QED) is 0.0169. The van der Waals surface area contributed by atoms with Crippen LogP contribution < -0.4 is 76.9 Å². The maximum atomic E-state index is 14.6. The number of rotatable bonds is 42. The maximum Gasteiger partial charge on any atom is 0.326 e. The number of carbonyl (C=O) groups is 12. The van der Waals surface area contributed by atoms with Gasteiger partial charge in [0.25, 0.3) is 0 Å². The van der Waals surface area contributed by atoms with E-state index in [2.05, 4.69) is 52.5 Å². The highest BCUT2D eigenvalue weighted by atomic mass is 16.4. The number of aliphatic hydroxyl groups excluding tert-OH is 1. The first-order chi connectivity index (χ1) is 43.7. The predicted molar refractivity (Wildman–Crippen MR) is 334 cm³/mol. The number of unbranched alkanes of at least 4 members (excludes halogenated alkanes) is 1. The van der Waals surface area contributed by atoms with Crippen LogP contribution in [-0.4, -0.2) is 202 Å². The summed E-state index contributed by atoms with van der Waals surface area (Å²) in [6, 6.07) is 2.53. The van der Waals surface area contributed by atoms with Crippen LogP contribution in [0.4, 0.5) is 0 Å². The Balaban J connectivity index is 1.91. The molecular formula is C59H91N17O16. The molecule has 0 radical (unpaired) electrons. The average Bonchev–Trinajstić information content (AvgIpc) is 1.64. The molecule has 1 fully saturated rings. The van der Waals surface area contributed by atoms with Crippen molar-refractivity contribution in [1.29, 1.82) is 0 Å². The Labute approximate surface area is 532 Å². The molecule has 0 spiro atoms. The number of hydrogen-bond donors (Lipinski definition) is 18. The molecule has 9 amide bonds. The summed E-state index contributed by atoms with van der Waals surface area (Å²) in [6.45, 7) is 2.64. The smallest absolute Gasteiger partial charge is 0.326 e. The van der Waals surface area contributed by atoms with Crippen molar-refractivity contribution < 1.29 is 78.0 Å². The van der Waals surface area contributed by atoms with Crippen LogP contribution in [0.15, 0.2) is 70.6 Å². The summed E-state index contributed by atoms with van der Waals surface area (Å²) in [5.41, 5.74) is 35.0. The fraction of sp³-hybridized carbons (Fsp3) is 0.559. The molecule has 2 aromatic carbocycles. The minimum atomic E-state index is -1.93. The van der Waals surface area contributed by atoms with Crippen LogP contribution in [0.1, 0.15) is 108 Å². The first-order valence-electron chi connectivity index (χ1n) is 30.3. The second kappa shape index (κ2) is 40.3. The van der Waals surface area contributed by atoms with E-state index < -0.39 is 163 Å². The summed E-state index contributed by atoms with van der Waals surface area (Å²) in [7, 11) is 0. The number of nitrogens with two attached hydrogens (primary N) is 6. The standard InChI is InChI=1S/C59H91N17O16/c1-3-33(2)47(75-48(82)36(61)29-34-15-6-4-7-16-34)56(90)76-28-14-22-44(76)55(89)73-41(30-35-17-8-5-9-18-35)52(86)68-38(20-12-26-66-58(62)63)49(83)70-39(23-24-45(78)79)51(85)74-43(32-77)54(88)69-37(19-10-11-25-60)50(84)72-42(31-46(80)81)53(87)71-40(57(91)92)21-13-27-67-59(64)65/h4-9,15-18,33,36-44,47,77H,3,10-14,19-32,60-61H2,1-2H3,(H,68,86)(H,69,88)(H,70,83)(H,71,87)(H,72,84)(H,73,89)(H,74,85)(H,75,82)(H,78,79)(H,80,81)(H,91,92)(H4,62,63,66)(H4,64,65,67)/t33-,36-,37-,38-,39-,40-,41-,42-,43-,44-,47-/m0/s1. The van der Waals surface area contributed by atoms with Crippen LogP contribution in [0, 0.1) is 5.92 Å². The number of aliphatic imine (C=N–C) groups is 2. The highest BCUT2D eigenvalue weighted by Crippen LogP contribution is 2.23. The van der Waals surface area contributed by atoms with Gasteiger partial charge in [-0.05, 0) is 94.2 Å². The van der Waals surface area contributed by atoms with E-state index >= 15 is 0 Å². The highest BCUT2D eigenvalue weighted by Gasteiger charge is 2.42. The van der Waals surface area contributed by atoms with Crippen LogP contribution in [0.2, 0.25) is 0 Å². The minimum absolute atomic E-state index is 0.00959. The van der Waals surface area contributed by atoms with E-state index in [9.17, 15) is 78.0 Å². The Morgan fingerprint density at radius 2 is 1.01 bits per heavy atom. The van der Waals surface area contributed by atoms with Crippen LogP contribution in [-0.2, 0) is 70.4 Å². The summed E-state index contributed by atoms with van der Waals surface area (Å²) < 4.78 is 0. The Morgan fingerprint density at radius 3 is 1.50 bits per heavy atom. The zero-order chi connectivity index (χ0) is 68.5. The minimum Gasteiger partial charge on any atom is -0.481 e. The normalized spacial score (nSPS) is 15.9. The van der Waals surface area contributed by atoms with E-state index in [4.69, 9.17) is 34.4 Å². The van der Waals surface area contributed by atoms with Gasteiger partial charge in [0, 0.05) is 32.5 Å². The van der Waals surface area contributed by atoms with Crippen molar-refractivity contribution in [2.45, 2.75) is 171 Å². The molecule has 2 aromatic rings. The van der Waals surface area contributed by atoms with Gasteiger partial charge < -0.3 is 102 Å². The lowest BCUT2D eigenvalue weighted by Crippen LogP contribution is -2.61. The van der Waals surface area contributed by atoms with Gasteiger partial charge in [-0.15, -0.1) is 0 Å². The third kappa shape index (κ3) is 27.3. The summed E-state index contributed by atoms with van der Waals surface area (Å²) >= 11 is 0.